The Balaban J connectivity index is 1.81. The molecule has 1 saturated heterocycles. The maximum absolute atomic E-state index is 6.27. The number of halogens is 1. The van der Waals surface area contributed by atoms with Crippen LogP contribution in [0.3, 0.4) is 0 Å². The number of nitrogens with one attached hydrogen (secondary N) is 1. The molecule has 98 valence electrons. The van der Waals surface area contributed by atoms with E-state index in [4.69, 9.17) is 16.3 Å². The van der Waals surface area contributed by atoms with Crippen LogP contribution in [0.1, 0.15) is 6.42 Å². The second-order valence-electron chi connectivity index (χ2n) is 4.47. The quantitative estimate of drug-likeness (QED) is 0.935. The van der Waals surface area contributed by atoms with Gasteiger partial charge in [0.1, 0.15) is 18.2 Å². The van der Waals surface area contributed by atoms with Crippen LogP contribution in [0.4, 0.5) is 0 Å². The molecule has 1 fully saturated rings. The molecule has 5 heteroatoms. The van der Waals surface area contributed by atoms with E-state index in [0.29, 0.717) is 5.02 Å². The number of rotatable bonds is 3. The van der Waals surface area contributed by atoms with Crippen LogP contribution in [0.2, 0.25) is 5.02 Å². The lowest BCUT2D eigenvalue weighted by molar-refractivity contribution is 0.223. The molecule has 4 nitrogen and oxygen atoms in total. The Labute approximate surface area is 116 Å². The van der Waals surface area contributed by atoms with Crippen LogP contribution in [0, 0.1) is 0 Å². The molecule has 1 atom stereocenters. The van der Waals surface area contributed by atoms with Crippen molar-refractivity contribution in [1.29, 1.82) is 0 Å². The fourth-order valence-electron chi connectivity index (χ4n) is 2.13. The first-order chi connectivity index (χ1) is 9.33. The van der Waals surface area contributed by atoms with Gasteiger partial charge in [-0.25, -0.2) is 9.97 Å². The van der Waals surface area contributed by atoms with Gasteiger partial charge in [-0.05, 0) is 37.2 Å². The Morgan fingerprint density at radius 3 is 2.95 bits per heavy atom. The summed E-state index contributed by atoms with van der Waals surface area (Å²) in [5, 5.41) is 3.88. The first-order valence-corrected chi connectivity index (χ1v) is 6.64. The summed E-state index contributed by atoms with van der Waals surface area (Å²) in [6, 6.07) is 7.60. The number of benzene rings is 1. The van der Waals surface area contributed by atoms with Crippen LogP contribution in [0.5, 0.6) is 5.75 Å². The van der Waals surface area contributed by atoms with E-state index in [-0.39, 0.29) is 6.10 Å². The van der Waals surface area contributed by atoms with Crippen molar-refractivity contribution in [2.45, 2.75) is 12.5 Å². The minimum atomic E-state index is 0.211. The molecule has 1 aliphatic heterocycles. The maximum Gasteiger partial charge on any atom is 0.138 e. The topological polar surface area (TPSA) is 47.0 Å². The van der Waals surface area contributed by atoms with Crippen molar-refractivity contribution in [3.63, 3.8) is 0 Å². The summed E-state index contributed by atoms with van der Waals surface area (Å²) < 4.78 is 5.87. The molecule has 19 heavy (non-hydrogen) atoms. The second kappa shape index (κ2) is 5.55. The minimum absolute atomic E-state index is 0.211. The standard InChI is InChI=1S/C14H14ClN3O/c15-12-7-10(13-4-6-17-9-18-13)1-2-14(12)19-11-3-5-16-8-11/h1-2,4,6-7,9,11,16H,3,5,8H2. The maximum atomic E-state index is 6.27. The van der Waals surface area contributed by atoms with Gasteiger partial charge in [-0.3, -0.25) is 0 Å². The molecule has 1 aromatic heterocycles. The third-order valence-electron chi connectivity index (χ3n) is 3.12. The van der Waals surface area contributed by atoms with Gasteiger partial charge in [-0.15, -0.1) is 0 Å². The zero-order chi connectivity index (χ0) is 13.1. The number of nitrogens with zero attached hydrogens (tertiary/aromatic N) is 2. The van der Waals surface area contributed by atoms with E-state index in [2.05, 4.69) is 15.3 Å². The van der Waals surface area contributed by atoms with Gasteiger partial charge in [0.25, 0.3) is 0 Å². The van der Waals surface area contributed by atoms with Crippen LogP contribution in [-0.4, -0.2) is 29.2 Å². The highest BCUT2D eigenvalue weighted by Gasteiger charge is 2.17. The molecule has 2 aromatic rings. The molecule has 1 aromatic carbocycles. The Bertz CT molecular complexity index is 556. The predicted octanol–water partition coefficient (Wildman–Crippen LogP) is 2.54. The summed E-state index contributed by atoms with van der Waals surface area (Å²) in [6.07, 6.45) is 4.47. The van der Waals surface area contributed by atoms with Crippen LogP contribution in [0.15, 0.2) is 36.8 Å². The SMILES string of the molecule is Clc1cc(-c2ccncn2)ccc1OC1CCNC1. The smallest absolute Gasteiger partial charge is 0.138 e. The molecular formula is C14H14ClN3O. The highest BCUT2D eigenvalue weighted by atomic mass is 35.5. The van der Waals surface area contributed by atoms with E-state index < -0.39 is 0 Å². The molecule has 0 spiro atoms. The monoisotopic (exact) mass is 275 g/mol. The fraction of sp³-hybridized carbons (Fsp3) is 0.286. The van der Waals surface area contributed by atoms with Crippen molar-refractivity contribution >= 4 is 11.6 Å². The van der Waals surface area contributed by atoms with Crippen molar-refractivity contribution < 1.29 is 4.74 Å². The molecule has 2 heterocycles. The molecule has 1 aliphatic rings. The summed E-state index contributed by atoms with van der Waals surface area (Å²) in [6.45, 7) is 1.88. The number of hydrogen-bond donors (Lipinski definition) is 1. The Morgan fingerprint density at radius 1 is 1.32 bits per heavy atom. The molecule has 0 amide bonds. The van der Waals surface area contributed by atoms with E-state index in [1.54, 1.807) is 6.20 Å². The van der Waals surface area contributed by atoms with Crippen LogP contribution >= 0.6 is 11.6 Å². The van der Waals surface area contributed by atoms with Gasteiger partial charge in [-0.1, -0.05) is 11.6 Å². The second-order valence-corrected chi connectivity index (χ2v) is 4.88. The summed E-state index contributed by atoms with van der Waals surface area (Å²) in [5.41, 5.74) is 1.82. The van der Waals surface area contributed by atoms with Gasteiger partial charge < -0.3 is 10.1 Å². The van der Waals surface area contributed by atoms with Gasteiger partial charge in [0, 0.05) is 18.3 Å². The molecule has 0 aliphatic carbocycles. The van der Waals surface area contributed by atoms with Gasteiger partial charge in [0.05, 0.1) is 10.7 Å². The molecule has 0 bridgehead atoms. The van der Waals surface area contributed by atoms with E-state index in [0.717, 1.165) is 36.5 Å². The van der Waals surface area contributed by atoms with Crippen molar-refractivity contribution in [3.05, 3.63) is 41.8 Å². The van der Waals surface area contributed by atoms with Crippen molar-refractivity contribution in [3.8, 4) is 17.0 Å². The lowest BCUT2D eigenvalue weighted by atomic mass is 10.1. The van der Waals surface area contributed by atoms with Crippen LogP contribution in [0.25, 0.3) is 11.3 Å². The Kier molecular flexibility index (Phi) is 3.62. The average Bonchev–Trinajstić information content (AvgIpc) is 2.95. The van der Waals surface area contributed by atoms with Crippen molar-refractivity contribution in [1.82, 2.24) is 15.3 Å². The van der Waals surface area contributed by atoms with Gasteiger partial charge >= 0.3 is 0 Å². The zero-order valence-corrected chi connectivity index (χ0v) is 11.1. The summed E-state index contributed by atoms with van der Waals surface area (Å²) in [7, 11) is 0. The Hall–Kier alpha value is -1.65. The zero-order valence-electron chi connectivity index (χ0n) is 10.3. The summed E-state index contributed by atoms with van der Waals surface area (Å²) >= 11 is 6.27. The lowest BCUT2D eigenvalue weighted by Crippen LogP contribution is -2.19. The van der Waals surface area contributed by atoms with Gasteiger partial charge in [-0.2, -0.15) is 0 Å². The van der Waals surface area contributed by atoms with Crippen molar-refractivity contribution in [2.75, 3.05) is 13.1 Å². The largest absolute Gasteiger partial charge is 0.487 e. The first-order valence-electron chi connectivity index (χ1n) is 6.26. The normalized spacial score (nSPS) is 18.5. The van der Waals surface area contributed by atoms with E-state index in [1.807, 2.05) is 24.3 Å². The molecule has 3 rings (SSSR count). The van der Waals surface area contributed by atoms with Gasteiger partial charge in [0.15, 0.2) is 0 Å². The molecule has 1 N–H and O–H groups in total. The molecule has 1 unspecified atom stereocenters. The predicted molar refractivity (Wildman–Crippen MR) is 74.4 cm³/mol. The first kappa shape index (κ1) is 12.4. The van der Waals surface area contributed by atoms with E-state index >= 15 is 0 Å². The summed E-state index contributed by atoms with van der Waals surface area (Å²) in [5.74, 6) is 0.730. The third kappa shape index (κ3) is 2.85. The number of ether oxygens (including phenoxy) is 1. The lowest BCUT2D eigenvalue weighted by Gasteiger charge is -2.14. The number of aromatic nitrogens is 2. The van der Waals surface area contributed by atoms with E-state index in [9.17, 15) is 0 Å². The third-order valence-corrected chi connectivity index (χ3v) is 3.41. The van der Waals surface area contributed by atoms with E-state index in [1.165, 1.54) is 6.33 Å². The fourth-order valence-corrected chi connectivity index (χ4v) is 2.35. The molecule has 0 radical (unpaired) electrons. The molecular weight excluding hydrogens is 262 g/mol. The minimum Gasteiger partial charge on any atom is -0.487 e. The highest BCUT2D eigenvalue weighted by molar-refractivity contribution is 6.32. The van der Waals surface area contributed by atoms with Crippen LogP contribution in [-0.2, 0) is 0 Å². The van der Waals surface area contributed by atoms with Crippen LogP contribution < -0.4 is 10.1 Å². The Morgan fingerprint density at radius 2 is 2.26 bits per heavy atom. The summed E-state index contributed by atoms with van der Waals surface area (Å²) in [4.78, 5) is 8.11. The molecule has 0 saturated carbocycles. The average molecular weight is 276 g/mol. The number of hydrogen-bond acceptors (Lipinski definition) is 4. The highest BCUT2D eigenvalue weighted by Crippen LogP contribution is 2.30. The van der Waals surface area contributed by atoms with Gasteiger partial charge in [0.2, 0.25) is 0 Å². The van der Waals surface area contributed by atoms with Crippen molar-refractivity contribution in [2.24, 2.45) is 0 Å².